The fraction of sp³-hybridized carbons (Fsp3) is 0.714. The Labute approximate surface area is 152 Å². The van der Waals surface area contributed by atoms with Crippen molar-refractivity contribution in [1.29, 1.82) is 0 Å². The molecule has 0 aromatic rings. The summed E-state index contributed by atoms with van der Waals surface area (Å²) in [6.07, 6.45) is -4.09. The number of rotatable bonds is 5. The quantitative estimate of drug-likeness (QED) is 0.253. The zero-order chi connectivity index (χ0) is 18.4. The molecule has 0 aliphatic carbocycles. The molecule has 0 bridgehead atoms. The molecule has 136 valence electrons. The normalized spacial score (nSPS) is 29.3. The van der Waals surface area contributed by atoms with Crippen molar-refractivity contribution < 1.29 is 42.9 Å². The van der Waals surface area contributed by atoms with E-state index in [4.69, 9.17) is 23.7 Å². The Morgan fingerprint density at radius 1 is 0.833 bits per heavy atom. The van der Waals surface area contributed by atoms with E-state index in [1.54, 1.807) is 0 Å². The fourth-order valence-electron chi connectivity index (χ4n) is 2.10. The standard InChI is InChI=1S/C14H19IO9/c1-6(16)20-5-10-11(15)12(21-7(2)17)13(22-8(3)18)14(24-10)23-9(4)19/h10-14H,5H2,1-4H3/t10-,11-,12+,13-,14?/m1/s1/i15-2. The lowest BCUT2D eigenvalue weighted by molar-refractivity contribution is -0.267. The van der Waals surface area contributed by atoms with Gasteiger partial charge in [-0.25, -0.2) is 0 Å². The first-order valence-corrected chi connectivity index (χ1v) is 8.31. The van der Waals surface area contributed by atoms with Gasteiger partial charge in [0.1, 0.15) is 12.7 Å². The smallest absolute Gasteiger partial charge is 0.305 e. The number of esters is 4. The van der Waals surface area contributed by atoms with Crippen molar-refractivity contribution in [2.45, 2.75) is 56.2 Å². The highest BCUT2D eigenvalue weighted by Gasteiger charge is 2.50. The lowest BCUT2D eigenvalue weighted by Crippen LogP contribution is -2.60. The summed E-state index contributed by atoms with van der Waals surface area (Å²) in [5.41, 5.74) is 0. The van der Waals surface area contributed by atoms with Gasteiger partial charge in [-0.2, -0.15) is 0 Å². The highest BCUT2D eigenvalue weighted by molar-refractivity contribution is 14.1. The van der Waals surface area contributed by atoms with Gasteiger partial charge in [-0.1, -0.05) is 22.6 Å². The number of halogens is 1. The first-order valence-electron chi connectivity index (χ1n) is 7.06. The van der Waals surface area contributed by atoms with Crippen LogP contribution in [0.1, 0.15) is 27.7 Å². The second-order valence-corrected chi connectivity index (χ2v) is 6.49. The highest BCUT2D eigenvalue weighted by Crippen LogP contribution is 2.32. The van der Waals surface area contributed by atoms with E-state index in [0.717, 1.165) is 6.92 Å². The molecular formula is C14H19IO9. The highest BCUT2D eigenvalue weighted by atomic mass is 125. The zero-order valence-corrected chi connectivity index (χ0v) is 15.8. The predicted molar refractivity (Wildman–Crippen MR) is 86.0 cm³/mol. The molecule has 1 aliphatic rings. The lowest BCUT2D eigenvalue weighted by Gasteiger charge is -2.42. The molecule has 0 amide bonds. The van der Waals surface area contributed by atoms with Crippen molar-refractivity contribution >= 4 is 46.5 Å². The van der Waals surface area contributed by atoms with Gasteiger partial charge in [0.25, 0.3) is 0 Å². The van der Waals surface area contributed by atoms with Gasteiger partial charge in [0.15, 0.2) is 6.10 Å². The third kappa shape index (κ3) is 6.23. The number of hydrogen-bond acceptors (Lipinski definition) is 9. The Balaban J connectivity index is 3.07. The summed E-state index contributed by atoms with van der Waals surface area (Å²) >= 11 is 1.94. The summed E-state index contributed by atoms with van der Waals surface area (Å²) < 4.78 is 25.4. The third-order valence-electron chi connectivity index (χ3n) is 2.91. The predicted octanol–water partition coefficient (Wildman–Crippen LogP) is 0.504. The van der Waals surface area contributed by atoms with E-state index in [0.29, 0.717) is 0 Å². The Bertz CT molecular complexity index is 506. The van der Waals surface area contributed by atoms with E-state index in [-0.39, 0.29) is 6.61 Å². The van der Waals surface area contributed by atoms with Crippen LogP contribution in [0.15, 0.2) is 0 Å². The topological polar surface area (TPSA) is 114 Å². The molecule has 1 aliphatic heterocycles. The molecule has 0 aromatic heterocycles. The Morgan fingerprint density at radius 3 is 1.79 bits per heavy atom. The lowest BCUT2D eigenvalue weighted by atomic mass is 10.0. The van der Waals surface area contributed by atoms with Crippen LogP contribution in [0, 0.1) is 0 Å². The van der Waals surface area contributed by atoms with Crippen LogP contribution in [0.4, 0.5) is 0 Å². The van der Waals surface area contributed by atoms with Crippen LogP contribution >= 0.6 is 22.6 Å². The molecule has 9 nitrogen and oxygen atoms in total. The summed E-state index contributed by atoms with van der Waals surface area (Å²) in [4.78, 5) is 45.0. The van der Waals surface area contributed by atoms with Gasteiger partial charge in [-0.15, -0.1) is 0 Å². The molecule has 10 heteroatoms. The second kappa shape index (κ2) is 9.16. The van der Waals surface area contributed by atoms with E-state index in [2.05, 4.69) is 0 Å². The van der Waals surface area contributed by atoms with Gasteiger partial charge < -0.3 is 23.7 Å². The van der Waals surface area contributed by atoms with E-state index < -0.39 is 52.4 Å². The van der Waals surface area contributed by atoms with Crippen molar-refractivity contribution in [2.75, 3.05) is 6.61 Å². The maximum atomic E-state index is 11.4. The van der Waals surface area contributed by atoms with Crippen LogP contribution < -0.4 is 0 Å². The summed E-state index contributed by atoms with van der Waals surface area (Å²) in [5, 5.41) is 0. The number of ether oxygens (including phenoxy) is 5. The first-order chi connectivity index (χ1) is 11.1. The van der Waals surface area contributed by atoms with Gasteiger partial charge >= 0.3 is 23.9 Å². The molecule has 0 radical (unpaired) electrons. The van der Waals surface area contributed by atoms with Gasteiger partial charge in [-0.05, 0) is 0 Å². The number of alkyl halides is 1. The number of hydrogen-bond donors (Lipinski definition) is 0. The van der Waals surface area contributed by atoms with Crippen molar-refractivity contribution in [2.24, 2.45) is 0 Å². The van der Waals surface area contributed by atoms with Gasteiger partial charge in [0.2, 0.25) is 12.4 Å². The Kier molecular flexibility index (Phi) is 7.87. The van der Waals surface area contributed by atoms with Gasteiger partial charge in [0, 0.05) is 27.7 Å². The minimum absolute atomic E-state index is 0.134. The molecular weight excluding hydrogens is 437 g/mol. The largest absolute Gasteiger partial charge is 0.463 e. The molecule has 5 atom stereocenters. The van der Waals surface area contributed by atoms with E-state index in [9.17, 15) is 19.2 Å². The minimum atomic E-state index is -1.29. The van der Waals surface area contributed by atoms with E-state index >= 15 is 0 Å². The van der Waals surface area contributed by atoms with E-state index in [1.165, 1.54) is 20.8 Å². The van der Waals surface area contributed by atoms with Crippen LogP contribution in [-0.4, -0.2) is 59.0 Å². The van der Waals surface area contributed by atoms with Crippen molar-refractivity contribution in [3.63, 3.8) is 0 Å². The molecule has 0 aromatic carbocycles. The van der Waals surface area contributed by atoms with Crippen LogP contribution in [0.3, 0.4) is 0 Å². The molecule has 0 N–H and O–H groups in total. The average molecular weight is 456 g/mol. The Morgan fingerprint density at radius 2 is 1.33 bits per heavy atom. The van der Waals surface area contributed by atoms with Gasteiger partial charge in [-0.3, -0.25) is 19.2 Å². The Hall–Kier alpha value is -1.43. The zero-order valence-electron chi connectivity index (χ0n) is 13.6. The van der Waals surface area contributed by atoms with Crippen molar-refractivity contribution in [1.82, 2.24) is 0 Å². The minimum Gasteiger partial charge on any atom is -0.463 e. The molecule has 24 heavy (non-hydrogen) atoms. The summed E-state index contributed by atoms with van der Waals surface area (Å²) in [6, 6.07) is 0. The van der Waals surface area contributed by atoms with Crippen molar-refractivity contribution in [3.8, 4) is 0 Å². The molecule has 1 unspecified atom stereocenters. The molecule has 1 rings (SSSR count). The van der Waals surface area contributed by atoms with Crippen LogP contribution in [0.2, 0.25) is 0 Å². The summed E-state index contributed by atoms with van der Waals surface area (Å²) in [5.74, 6) is -2.44. The monoisotopic (exact) mass is 456 g/mol. The van der Waals surface area contributed by atoms with Crippen LogP contribution in [-0.2, 0) is 42.9 Å². The van der Waals surface area contributed by atoms with Crippen molar-refractivity contribution in [3.05, 3.63) is 0 Å². The molecule has 1 fully saturated rings. The number of carbonyl (C=O) groups excluding carboxylic acids is 4. The van der Waals surface area contributed by atoms with Crippen LogP contribution in [0.5, 0.6) is 0 Å². The summed E-state index contributed by atoms with van der Waals surface area (Å²) in [7, 11) is 0. The first kappa shape index (κ1) is 20.6. The molecule has 1 saturated heterocycles. The third-order valence-corrected chi connectivity index (χ3v) is 4.42. The molecule has 0 spiro atoms. The second-order valence-electron chi connectivity index (χ2n) is 5.05. The maximum absolute atomic E-state index is 11.4. The molecule has 1 heterocycles. The molecule has 0 saturated carbocycles. The summed E-state index contributed by atoms with van der Waals surface area (Å²) in [6.45, 7) is 4.63. The average Bonchev–Trinajstić information content (AvgIpc) is 2.42. The van der Waals surface area contributed by atoms with Crippen LogP contribution in [0.25, 0.3) is 0 Å². The maximum Gasteiger partial charge on any atom is 0.305 e. The SMILES string of the molecule is CC(=O)OC[C@H]1OC(OC(C)=O)[C@H](OC(C)=O)[C@@H](OC(C)=O)[C@@H]1[125I]. The number of carbonyl (C=O) groups is 4. The fourth-order valence-corrected chi connectivity index (χ4v) is 3.03. The van der Waals surface area contributed by atoms with Gasteiger partial charge in [0.05, 0.1) is 3.92 Å². The van der Waals surface area contributed by atoms with E-state index in [1.807, 2.05) is 22.6 Å².